The number of primary sulfonamides is 1. The number of carbonyl (C=O) groups excluding carboxylic acids is 1. The van der Waals surface area contributed by atoms with Crippen LogP contribution < -0.4 is 10.5 Å². The van der Waals surface area contributed by atoms with Gasteiger partial charge in [0.15, 0.2) is 0 Å². The Morgan fingerprint density at radius 2 is 2.10 bits per heavy atom. The highest BCUT2D eigenvalue weighted by Gasteiger charge is 2.19. The summed E-state index contributed by atoms with van der Waals surface area (Å²) in [5.41, 5.74) is 0.698. The third-order valence-electron chi connectivity index (χ3n) is 3.06. The minimum absolute atomic E-state index is 0.0678. The molecule has 3 N–H and O–H groups in total. The molecule has 1 atom stereocenters. The first-order valence-corrected chi connectivity index (χ1v) is 8.67. The van der Waals surface area contributed by atoms with Gasteiger partial charge in [-0.3, -0.25) is 4.79 Å². The number of hydrogen-bond donors (Lipinski definition) is 2. The van der Waals surface area contributed by atoms with Crippen LogP contribution in [-0.2, 0) is 14.8 Å². The molecule has 0 aliphatic rings. The first kappa shape index (κ1) is 18.1. The molecule has 0 radical (unpaired) electrons. The van der Waals surface area contributed by atoms with Crippen LogP contribution in [0, 0.1) is 6.92 Å². The monoisotopic (exact) mass is 378 g/mol. The number of hydrogen-bond acceptors (Lipinski definition) is 4. The fourth-order valence-corrected chi connectivity index (χ4v) is 3.23. The van der Waals surface area contributed by atoms with Crippen LogP contribution >= 0.6 is 15.9 Å². The first-order chi connectivity index (χ1) is 9.70. The van der Waals surface area contributed by atoms with Crippen molar-refractivity contribution in [1.82, 2.24) is 5.32 Å². The molecule has 0 aromatic heterocycles. The second-order valence-electron chi connectivity index (χ2n) is 4.66. The van der Waals surface area contributed by atoms with E-state index in [0.717, 1.165) is 0 Å². The minimum atomic E-state index is -3.89. The lowest BCUT2D eigenvalue weighted by Crippen LogP contribution is -2.37. The van der Waals surface area contributed by atoms with Crippen LogP contribution in [0.2, 0.25) is 0 Å². The van der Waals surface area contributed by atoms with Crippen LogP contribution in [0.4, 0.5) is 0 Å². The summed E-state index contributed by atoms with van der Waals surface area (Å²) in [6.45, 7) is 3.92. The molecule has 1 amide bonds. The predicted molar refractivity (Wildman–Crippen MR) is 83.7 cm³/mol. The van der Waals surface area contributed by atoms with Gasteiger partial charge in [-0.15, -0.1) is 0 Å². The van der Waals surface area contributed by atoms with Crippen LogP contribution in [0.5, 0.6) is 0 Å². The Bertz CT molecular complexity index is 631. The quantitative estimate of drug-likeness (QED) is 0.784. The normalized spacial score (nSPS) is 13.0. The zero-order valence-corrected chi connectivity index (χ0v) is 14.5. The number of amides is 1. The number of carbonyl (C=O) groups is 1. The summed E-state index contributed by atoms with van der Waals surface area (Å²) in [6.07, 6.45) is 0.703. The fourth-order valence-electron chi connectivity index (χ4n) is 1.81. The van der Waals surface area contributed by atoms with E-state index in [4.69, 9.17) is 9.88 Å². The highest BCUT2D eigenvalue weighted by atomic mass is 79.9. The third-order valence-corrected chi connectivity index (χ3v) is 4.92. The molecule has 1 aromatic carbocycles. The van der Waals surface area contributed by atoms with E-state index < -0.39 is 10.0 Å². The van der Waals surface area contributed by atoms with Gasteiger partial charge in [-0.1, -0.05) is 22.9 Å². The van der Waals surface area contributed by atoms with E-state index in [-0.39, 0.29) is 22.4 Å². The van der Waals surface area contributed by atoms with Crippen molar-refractivity contribution in [3.63, 3.8) is 0 Å². The number of rotatable bonds is 6. The van der Waals surface area contributed by atoms with Crippen molar-refractivity contribution in [3.05, 3.63) is 27.7 Å². The SMILES string of the molecule is CCC(COC)NC(=O)c1cc(Br)c(C)c(S(N)(=O)=O)c1. The largest absolute Gasteiger partial charge is 0.383 e. The van der Waals surface area contributed by atoms with Gasteiger partial charge in [0, 0.05) is 17.1 Å². The second-order valence-corrected chi connectivity index (χ2v) is 7.04. The minimum Gasteiger partial charge on any atom is -0.383 e. The Kier molecular flexibility index (Phi) is 6.33. The summed E-state index contributed by atoms with van der Waals surface area (Å²) in [7, 11) is -2.34. The van der Waals surface area contributed by atoms with Crippen LogP contribution in [0.1, 0.15) is 29.3 Å². The third kappa shape index (κ3) is 4.77. The van der Waals surface area contributed by atoms with E-state index in [0.29, 0.717) is 23.1 Å². The Labute approximate surface area is 133 Å². The first-order valence-electron chi connectivity index (χ1n) is 6.33. The highest BCUT2D eigenvalue weighted by molar-refractivity contribution is 9.10. The lowest BCUT2D eigenvalue weighted by molar-refractivity contribution is 0.0894. The molecule has 0 aliphatic heterocycles. The van der Waals surface area contributed by atoms with Crippen molar-refractivity contribution in [2.75, 3.05) is 13.7 Å². The molecule has 0 bridgehead atoms. The van der Waals surface area contributed by atoms with Crippen LogP contribution in [0.15, 0.2) is 21.5 Å². The van der Waals surface area contributed by atoms with Gasteiger partial charge in [0.05, 0.1) is 17.5 Å². The molecule has 0 saturated carbocycles. The predicted octanol–water partition coefficient (Wildman–Crippen LogP) is 1.56. The average Bonchev–Trinajstić information content (AvgIpc) is 2.39. The van der Waals surface area contributed by atoms with Crippen LogP contribution in [0.25, 0.3) is 0 Å². The maximum Gasteiger partial charge on any atom is 0.251 e. The molecular weight excluding hydrogens is 360 g/mol. The zero-order chi connectivity index (χ0) is 16.2. The summed E-state index contributed by atoms with van der Waals surface area (Å²) >= 11 is 3.25. The Balaban J connectivity index is 3.14. The van der Waals surface area contributed by atoms with Gasteiger partial charge in [0.1, 0.15) is 0 Å². The van der Waals surface area contributed by atoms with E-state index in [1.54, 1.807) is 20.1 Å². The van der Waals surface area contributed by atoms with Gasteiger partial charge in [-0.25, -0.2) is 13.6 Å². The molecule has 6 nitrogen and oxygen atoms in total. The summed E-state index contributed by atoms with van der Waals surface area (Å²) < 4.78 is 28.7. The van der Waals surface area contributed by atoms with Crippen molar-refractivity contribution in [2.24, 2.45) is 5.14 Å². The number of sulfonamides is 1. The van der Waals surface area contributed by atoms with Gasteiger partial charge >= 0.3 is 0 Å². The topological polar surface area (TPSA) is 98.5 Å². The molecular formula is C13H19BrN2O4S. The summed E-state index contributed by atoms with van der Waals surface area (Å²) in [5, 5.41) is 7.96. The molecule has 1 aromatic rings. The van der Waals surface area contributed by atoms with E-state index in [1.807, 2.05) is 6.92 Å². The molecule has 0 spiro atoms. The second kappa shape index (κ2) is 7.35. The van der Waals surface area contributed by atoms with Gasteiger partial charge in [-0.05, 0) is 31.0 Å². The van der Waals surface area contributed by atoms with Crippen LogP contribution in [-0.4, -0.2) is 34.1 Å². The maximum atomic E-state index is 12.2. The number of methoxy groups -OCH3 is 1. The number of nitrogens with one attached hydrogen (secondary N) is 1. The zero-order valence-electron chi connectivity index (χ0n) is 12.1. The summed E-state index contributed by atoms with van der Waals surface area (Å²) in [4.78, 5) is 12.1. The van der Waals surface area contributed by atoms with E-state index in [9.17, 15) is 13.2 Å². The Morgan fingerprint density at radius 1 is 1.48 bits per heavy atom. The molecule has 8 heteroatoms. The Morgan fingerprint density at radius 3 is 2.57 bits per heavy atom. The lowest BCUT2D eigenvalue weighted by Gasteiger charge is -2.17. The maximum absolute atomic E-state index is 12.2. The number of benzene rings is 1. The molecule has 0 heterocycles. The van der Waals surface area contributed by atoms with Gasteiger partial charge in [0.25, 0.3) is 5.91 Å². The number of halogens is 1. The van der Waals surface area contributed by atoms with Crippen molar-refractivity contribution in [3.8, 4) is 0 Å². The Hall–Kier alpha value is -0.960. The number of ether oxygens (including phenoxy) is 1. The summed E-state index contributed by atoms with van der Waals surface area (Å²) in [5.74, 6) is -0.371. The average molecular weight is 379 g/mol. The van der Waals surface area contributed by atoms with E-state index in [1.165, 1.54) is 6.07 Å². The summed E-state index contributed by atoms with van der Waals surface area (Å²) in [6, 6.07) is 2.71. The van der Waals surface area contributed by atoms with E-state index >= 15 is 0 Å². The molecule has 1 unspecified atom stereocenters. The van der Waals surface area contributed by atoms with Crippen LogP contribution in [0.3, 0.4) is 0 Å². The molecule has 118 valence electrons. The van der Waals surface area contributed by atoms with Crippen molar-refractivity contribution in [2.45, 2.75) is 31.2 Å². The fraction of sp³-hybridized carbons (Fsp3) is 0.462. The molecule has 0 saturated heterocycles. The molecule has 21 heavy (non-hydrogen) atoms. The van der Waals surface area contributed by atoms with Crippen molar-refractivity contribution >= 4 is 31.9 Å². The van der Waals surface area contributed by atoms with Gasteiger partial charge in [0.2, 0.25) is 10.0 Å². The molecule has 1 rings (SSSR count). The lowest BCUT2D eigenvalue weighted by atomic mass is 10.1. The van der Waals surface area contributed by atoms with E-state index in [2.05, 4.69) is 21.2 Å². The van der Waals surface area contributed by atoms with Crippen molar-refractivity contribution in [1.29, 1.82) is 0 Å². The van der Waals surface area contributed by atoms with Gasteiger partial charge < -0.3 is 10.1 Å². The molecule has 0 aliphatic carbocycles. The van der Waals surface area contributed by atoms with Gasteiger partial charge in [-0.2, -0.15) is 0 Å². The van der Waals surface area contributed by atoms with Crippen molar-refractivity contribution < 1.29 is 17.9 Å². The standard InChI is InChI=1S/C13H19BrN2O4S/c1-4-10(7-20-3)16-13(17)9-5-11(14)8(2)12(6-9)21(15,18)19/h5-6,10H,4,7H2,1-3H3,(H,16,17)(H2,15,18,19). The number of nitrogens with two attached hydrogens (primary N) is 1. The molecule has 0 fully saturated rings. The highest BCUT2D eigenvalue weighted by Crippen LogP contribution is 2.25. The smallest absolute Gasteiger partial charge is 0.251 e.